The van der Waals surface area contributed by atoms with Crippen molar-refractivity contribution in [2.75, 3.05) is 0 Å². The Bertz CT molecular complexity index is 152. The maximum atomic E-state index is 8.97. The summed E-state index contributed by atoms with van der Waals surface area (Å²) in [6.45, 7) is 7.16. The molecule has 0 fully saturated rings. The Morgan fingerprint density at radius 3 is 2.44 bits per heavy atom. The Morgan fingerprint density at radius 1 is 1.56 bits per heavy atom. The molecule has 0 heterocycles. The van der Waals surface area contributed by atoms with Gasteiger partial charge in [0.05, 0.1) is 0 Å². The number of aliphatic hydroxyl groups is 1. The third-order valence-corrected chi connectivity index (χ3v) is 1.01. The maximum Gasteiger partial charge on any atom is 0.117 e. The summed E-state index contributed by atoms with van der Waals surface area (Å²) in [4.78, 5) is 0. The lowest BCUT2D eigenvalue weighted by molar-refractivity contribution is 0.428. The van der Waals surface area contributed by atoms with Gasteiger partial charge in [-0.15, -0.1) is 0 Å². The van der Waals surface area contributed by atoms with Crippen molar-refractivity contribution in [3.05, 3.63) is 36.1 Å². The van der Waals surface area contributed by atoms with Crippen LogP contribution in [0.2, 0.25) is 0 Å². The van der Waals surface area contributed by atoms with E-state index in [0.717, 1.165) is 5.57 Å². The van der Waals surface area contributed by atoms with Crippen LogP contribution in [0.5, 0.6) is 0 Å². The number of aliphatic hydroxyl groups excluding tert-OH is 1. The second-order valence-electron chi connectivity index (χ2n) is 1.77. The third kappa shape index (κ3) is 2.75. The van der Waals surface area contributed by atoms with E-state index in [4.69, 9.17) is 5.11 Å². The summed E-state index contributed by atoms with van der Waals surface area (Å²) < 4.78 is 0. The van der Waals surface area contributed by atoms with Gasteiger partial charge in [0.1, 0.15) is 5.76 Å². The molecule has 1 N–H and O–H groups in total. The van der Waals surface area contributed by atoms with Crippen molar-refractivity contribution >= 4 is 0 Å². The van der Waals surface area contributed by atoms with Gasteiger partial charge >= 0.3 is 0 Å². The third-order valence-electron chi connectivity index (χ3n) is 1.01. The molecule has 1 heteroatoms. The highest BCUT2D eigenvalue weighted by Crippen LogP contribution is 2.01. The molecule has 0 aromatic carbocycles. The average molecular weight is 124 g/mol. The van der Waals surface area contributed by atoms with Crippen LogP contribution >= 0.6 is 0 Å². The van der Waals surface area contributed by atoms with Gasteiger partial charge in [0.15, 0.2) is 0 Å². The average Bonchev–Trinajstić information content (AvgIpc) is 1.87. The van der Waals surface area contributed by atoms with Gasteiger partial charge in [-0.1, -0.05) is 18.7 Å². The molecule has 0 aliphatic carbocycles. The summed E-state index contributed by atoms with van der Waals surface area (Å²) >= 11 is 0. The van der Waals surface area contributed by atoms with Crippen LogP contribution in [-0.2, 0) is 0 Å². The highest BCUT2D eigenvalue weighted by molar-refractivity contribution is 5.24. The first-order valence-corrected chi connectivity index (χ1v) is 2.87. The van der Waals surface area contributed by atoms with Gasteiger partial charge in [0, 0.05) is 0 Å². The molecule has 0 spiro atoms. The summed E-state index contributed by atoms with van der Waals surface area (Å²) in [6, 6.07) is 0. The van der Waals surface area contributed by atoms with Crippen LogP contribution in [0.1, 0.15) is 13.8 Å². The smallest absolute Gasteiger partial charge is 0.117 e. The van der Waals surface area contributed by atoms with E-state index < -0.39 is 0 Å². The predicted molar refractivity (Wildman–Crippen MR) is 40.3 cm³/mol. The first-order chi connectivity index (χ1) is 4.22. The molecule has 0 aromatic rings. The van der Waals surface area contributed by atoms with E-state index in [9.17, 15) is 0 Å². The fraction of sp³-hybridized carbons (Fsp3) is 0.250. The molecular weight excluding hydrogens is 112 g/mol. The Hall–Kier alpha value is -0.980. The molecule has 9 heavy (non-hydrogen) atoms. The van der Waals surface area contributed by atoms with Gasteiger partial charge in [-0.25, -0.2) is 0 Å². The van der Waals surface area contributed by atoms with E-state index >= 15 is 0 Å². The summed E-state index contributed by atoms with van der Waals surface area (Å²) in [6.07, 6.45) is 5.13. The summed E-state index contributed by atoms with van der Waals surface area (Å²) in [5, 5.41) is 8.97. The number of hydrogen-bond donors (Lipinski definition) is 1. The number of hydrogen-bond acceptors (Lipinski definition) is 1. The minimum Gasteiger partial charge on any atom is -0.508 e. The van der Waals surface area contributed by atoms with Crippen molar-refractivity contribution in [2.45, 2.75) is 13.8 Å². The maximum absolute atomic E-state index is 8.97. The van der Waals surface area contributed by atoms with Gasteiger partial charge in [-0.05, 0) is 25.5 Å². The van der Waals surface area contributed by atoms with E-state index in [0.29, 0.717) is 0 Å². The van der Waals surface area contributed by atoms with Crippen LogP contribution < -0.4 is 0 Å². The molecule has 0 radical (unpaired) electrons. The van der Waals surface area contributed by atoms with Crippen molar-refractivity contribution in [2.24, 2.45) is 0 Å². The van der Waals surface area contributed by atoms with Gasteiger partial charge < -0.3 is 5.11 Å². The molecule has 0 rings (SSSR count). The monoisotopic (exact) mass is 124 g/mol. The zero-order valence-corrected chi connectivity index (χ0v) is 5.89. The molecule has 1 nitrogen and oxygen atoms in total. The Balaban J connectivity index is 4.27. The van der Waals surface area contributed by atoms with E-state index in [1.165, 1.54) is 6.08 Å². The molecule has 0 aliphatic rings. The zero-order valence-electron chi connectivity index (χ0n) is 5.89. The standard InChI is InChI=1S/C8H12O/c1-4-6-7(3)8(9)5-2/h4-6,9H,2H2,1,3H3/b6-4+,8-7-. The lowest BCUT2D eigenvalue weighted by atomic mass is 10.2. The number of allylic oxidation sites excluding steroid dienone is 4. The lowest BCUT2D eigenvalue weighted by Gasteiger charge is -1.92. The largest absolute Gasteiger partial charge is 0.508 e. The van der Waals surface area contributed by atoms with Crippen molar-refractivity contribution < 1.29 is 5.11 Å². The Kier molecular flexibility index (Phi) is 3.52. The highest BCUT2D eigenvalue weighted by atomic mass is 16.3. The van der Waals surface area contributed by atoms with E-state index in [1.807, 2.05) is 26.0 Å². The second-order valence-corrected chi connectivity index (χ2v) is 1.77. The molecule has 0 saturated heterocycles. The molecule has 0 aromatic heterocycles. The molecule has 0 saturated carbocycles. The van der Waals surface area contributed by atoms with Crippen LogP contribution in [0.4, 0.5) is 0 Å². The van der Waals surface area contributed by atoms with Crippen molar-refractivity contribution in [1.82, 2.24) is 0 Å². The number of rotatable bonds is 2. The van der Waals surface area contributed by atoms with E-state index in [1.54, 1.807) is 0 Å². The van der Waals surface area contributed by atoms with E-state index in [-0.39, 0.29) is 5.76 Å². The lowest BCUT2D eigenvalue weighted by Crippen LogP contribution is -1.77. The minimum absolute atomic E-state index is 0.244. The molecule has 50 valence electrons. The molecule has 0 unspecified atom stereocenters. The topological polar surface area (TPSA) is 20.2 Å². The second kappa shape index (κ2) is 3.96. The van der Waals surface area contributed by atoms with Crippen molar-refractivity contribution in [3.63, 3.8) is 0 Å². The first-order valence-electron chi connectivity index (χ1n) is 2.87. The van der Waals surface area contributed by atoms with Gasteiger partial charge in [0.2, 0.25) is 0 Å². The van der Waals surface area contributed by atoms with Crippen LogP contribution in [0.15, 0.2) is 36.1 Å². The first kappa shape index (κ1) is 8.02. The van der Waals surface area contributed by atoms with E-state index in [2.05, 4.69) is 6.58 Å². The molecule has 0 atom stereocenters. The Labute approximate surface area is 56.0 Å². The summed E-state index contributed by atoms with van der Waals surface area (Å²) in [5.41, 5.74) is 0.840. The van der Waals surface area contributed by atoms with Crippen LogP contribution in [0.25, 0.3) is 0 Å². The summed E-state index contributed by atoms with van der Waals surface area (Å²) in [5.74, 6) is 0.244. The molecule has 0 aliphatic heterocycles. The highest BCUT2D eigenvalue weighted by Gasteiger charge is 1.86. The fourth-order valence-corrected chi connectivity index (χ4v) is 0.496. The quantitative estimate of drug-likeness (QED) is 0.443. The van der Waals surface area contributed by atoms with Crippen molar-refractivity contribution in [1.29, 1.82) is 0 Å². The zero-order chi connectivity index (χ0) is 7.28. The van der Waals surface area contributed by atoms with Crippen LogP contribution in [0, 0.1) is 0 Å². The SMILES string of the molecule is C=C/C(O)=C(C)/C=C/C. The minimum atomic E-state index is 0.244. The molecular formula is C8H12O. The fourth-order valence-electron chi connectivity index (χ4n) is 0.496. The molecule has 0 amide bonds. The van der Waals surface area contributed by atoms with Crippen LogP contribution in [-0.4, -0.2) is 5.11 Å². The Morgan fingerprint density at radius 2 is 2.11 bits per heavy atom. The van der Waals surface area contributed by atoms with Gasteiger partial charge in [-0.3, -0.25) is 0 Å². The van der Waals surface area contributed by atoms with Gasteiger partial charge in [-0.2, -0.15) is 0 Å². The summed E-state index contributed by atoms with van der Waals surface area (Å²) in [7, 11) is 0. The van der Waals surface area contributed by atoms with Gasteiger partial charge in [0.25, 0.3) is 0 Å². The normalized spacial score (nSPS) is 13.6. The van der Waals surface area contributed by atoms with Crippen LogP contribution in [0.3, 0.4) is 0 Å². The molecule has 0 bridgehead atoms. The van der Waals surface area contributed by atoms with Crippen molar-refractivity contribution in [3.8, 4) is 0 Å². The predicted octanol–water partition coefficient (Wildman–Crippen LogP) is 2.58.